The maximum Gasteiger partial charge on any atom is 0.337 e. The van der Waals surface area contributed by atoms with Crippen molar-refractivity contribution in [3.63, 3.8) is 0 Å². The summed E-state index contributed by atoms with van der Waals surface area (Å²) >= 11 is 5.54. The Hall–Kier alpha value is -1.86. The standard InChI is InChI=1S/C10H6ClNO3/c11-9-5-8(10(14)15)7(6-12-9)3-1-2-4-13/h4-6H,2H2,(H,14,15). The number of carbonyl (C=O) groups excluding carboxylic acids is 1. The van der Waals surface area contributed by atoms with E-state index in [1.807, 2.05) is 0 Å². The molecular formula is C10H6ClNO3. The minimum absolute atomic E-state index is 0.0200. The van der Waals surface area contributed by atoms with Crippen LogP contribution in [0.1, 0.15) is 22.3 Å². The highest BCUT2D eigenvalue weighted by Crippen LogP contribution is 2.12. The lowest BCUT2D eigenvalue weighted by molar-refractivity contribution is -0.107. The van der Waals surface area contributed by atoms with Gasteiger partial charge in [0.15, 0.2) is 0 Å². The molecule has 1 N–H and O–H groups in total. The average Bonchev–Trinajstić information content (AvgIpc) is 2.20. The Labute approximate surface area is 90.9 Å². The quantitative estimate of drug-likeness (QED) is 0.467. The molecular weight excluding hydrogens is 218 g/mol. The molecule has 0 bridgehead atoms. The molecule has 0 saturated carbocycles. The fraction of sp³-hybridized carbons (Fsp3) is 0.100. The van der Waals surface area contributed by atoms with Crippen LogP contribution in [-0.4, -0.2) is 22.3 Å². The van der Waals surface area contributed by atoms with Crippen molar-refractivity contribution >= 4 is 23.9 Å². The second-order valence-corrected chi connectivity index (χ2v) is 2.92. The van der Waals surface area contributed by atoms with E-state index in [1.54, 1.807) is 0 Å². The van der Waals surface area contributed by atoms with Crippen molar-refractivity contribution in [1.82, 2.24) is 4.98 Å². The molecule has 15 heavy (non-hydrogen) atoms. The molecule has 76 valence electrons. The molecule has 1 aromatic heterocycles. The predicted octanol–water partition coefficient (Wildman–Crippen LogP) is 1.37. The lowest BCUT2D eigenvalue weighted by atomic mass is 10.1. The first-order valence-corrected chi connectivity index (χ1v) is 4.34. The molecule has 0 aliphatic carbocycles. The van der Waals surface area contributed by atoms with Crippen LogP contribution in [0.5, 0.6) is 0 Å². The number of carboxylic acids is 1. The normalized spacial score (nSPS) is 8.87. The van der Waals surface area contributed by atoms with Crippen LogP contribution in [0.2, 0.25) is 5.15 Å². The first kappa shape index (κ1) is 11.2. The SMILES string of the molecule is O=CCC#Cc1cnc(Cl)cc1C(=O)O. The fourth-order valence-corrected chi connectivity index (χ4v) is 1.05. The average molecular weight is 224 g/mol. The minimum Gasteiger partial charge on any atom is -0.478 e. The summed E-state index contributed by atoms with van der Waals surface area (Å²) in [7, 11) is 0. The highest BCUT2D eigenvalue weighted by molar-refractivity contribution is 6.29. The van der Waals surface area contributed by atoms with Crippen molar-refractivity contribution < 1.29 is 14.7 Å². The minimum atomic E-state index is -1.13. The number of hydrogen-bond acceptors (Lipinski definition) is 3. The van der Waals surface area contributed by atoms with Gasteiger partial charge in [0.25, 0.3) is 0 Å². The van der Waals surface area contributed by atoms with Gasteiger partial charge in [0.2, 0.25) is 0 Å². The van der Waals surface area contributed by atoms with Gasteiger partial charge in [-0.25, -0.2) is 9.78 Å². The van der Waals surface area contributed by atoms with Crippen LogP contribution < -0.4 is 0 Å². The van der Waals surface area contributed by atoms with Gasteiger partial charge in [-0.2, -0.15) is 0 Å². The number of nitrogens with zero attached hydrogens (tertiary/aromatic N) is 1. The zero-order chi connectivity index (χ0) is 11.3. The van der Waals surface area contributed by atoms with Crippen LogP contribution in [0, 0.1) is 11.8 Å². The lowest BCUT2D eigenvalue weighted by Gasteiger charge is -1.98. The van der Waals surface area contributed by atoms with Crippen LogP contribution in [-0.2, 0) is 4.79 Å². The smallest absolute Gasteiger partial charge is 0.337 e. The monoisotopic (exact) mass is 223 g/mol. The third-order valence-corrected chi connectivity index (χ3v) is 1.72. The number of halogens is 1. The number of aldehydes is 1. The van der Waals surface area contributed by atoms with E-state index in [4.69, 9.17) is 16.7 Å². The van der Waals surface area contributed by atoms with Crippen molar-refractivity contribution in [3.8, 4) is 11.8 Å². The number of aromatic nitrogens is 1. The molecule has 0 radical (unpaired) electrons. The van der Waals surface area contributed by atoms with Crippen LogP contribution in [0.25, 0.3) is 0 Å². The Morgan fingerprint density at radius 1 is 1.67 bits per heavy atom. The first-order valence-electron chi connectivity index (χ1n) is 3.96. The van der Waals surface area contributed by atoms with Crippen molar-refractivity contribution in [2.24, 2.45) is 0 Å². The Balaban J connectivity index is 3.13. The topological polar surface area (TPSA) is 67.3 Å². The van der Waals surface area contributed by atoms with Crippen LogP contribution in [0.15, 0.2) is 12.3 Å². The first-order chi connectivity index (χ1) is 7.15. The van der Waals surface area contributed by atoms with Gasteiger partial charge >= 0.3 is 5.97 Å². The summed E-state index contributed by atoms with van der Waals surface area (Å²) in [5.41, 5.74) is 0.224. The number of pyridine rings is 1. The number of carbonyl (C=O) groups is 2. The molecule has 0 amide bonds. The van der Waals surface area contributed by atoms with Crippen molar-refractivity contribution in [2.75, 3.05) is 0 Å². The van der Waals surface area contributed by atoms with E-state index in [1.165, 1.54) is 12.3 Å². The molecule has 0 spiro atoms. The maximum absolute atomic E-state index is 10.8. The Morgan fingerprint density at radius 2 is 2.40 bits per heavy atom. The summed E-state index contributed by atoms with van der Waals surface area (Å²) in [4.78, 5) is 24.5. The summed E-state index contributed by atoms with van der Waals surface area (Å²) in [6, 6.07) is 1.22. The van der Waals surface area contributed by atoms with E-state index in [9.17, 15) is 9.59 Å². The lowest BCUT2D eigenvalue weighted by Crippen LogP contribution is -2.00. The van der Waals surface area contributed by atoms with Gasteiger partial charge in [-0.05, 0) is 6.07 Å². The van der Waals surface area contributed by atoms with Gasteiger partial charge in [0, 0.05) is 6.20 Å². The summed E-state index contributed by atoms with van der Waals surface area (Å²) in [5, 5.41) is 8.91. The van der Waals surface area contributed by atoms with Crippen molar-refractivity contribution in [3.05, 3.63) is 28.5 Å². The Morgan fingerprint density at radius 3 is 3.00 bits per heavy atom. The summed E-state index contributed by atoms with van der Waals surface area (Å²) in [6.07, 6.45) is 1.96. The second kappa shape index (κ2) is 5.13. The van der Waals surface area contributed by atoms with E-state index in [0.29, 0.717) is 6.29 Å². The van der Waals surface area contributed by atoms with Crippen LogP contribution in [0.4, 0.5) is 0 Å². The molecule has 0 unspecified atom stereocenters. The van der Waals surface area contributed by atoms with Gasteiger partial charge < -0.3 is 9.90 Å². The number of rotatable bonds is 2. The third kappa shape index (κ3) is 3.08. The summed E-state index contributed by atoms with van der Waals surface area (Å²) in [5.74, 6) is 3.91. The van der Waals surface area contributed by atoms with Gasteiger partial charge in [-0.3, -0.25) is 0 Å². The van der Waals surface area contributed by atoms with Crippen LogP contribution in [0.3, 0.4) is 0 Å². The highest BCUT2D eigenvalue weighted by Gasteiger charge is 2.09. The van der Waals surface area contributed by atoms with Gasteiger partial charge in [0.05, 0.1) is 17.5 Å². The predicted molar refractivity (Wildman–Crippen MR) is 53.8 cm³/mol. The molecule has 1 rings (SSSR count). The highest BCUT2D eigenvalue weighted by atomic mass is 35.5. The number of hydrogen-bond donors (Lipinski definition) is 1. The number of aromatic carboxylic acids is 1. The largest absolute Gasteiger partial charge is 0.478 e. The fourth-order valence-electron chi connectivity index (χ4n) is 0.894. The summed E-state index contributed by atoms with van der Waals surface area (Å²) < 4.78 is 0. The molecule has 5 heteroatoms. The van der Waals surface area contributed by atoms with Gasteiger partial charge in [-0.1, -0.05) is 23.4 Å². The molecule has 0 aliphatic heterocycles. The Kier molecular flexibility index (Phi) is 3.83. The Bertz CT molecular complexity index is 459. The molecule has 0 saturated heterocycles. The number of carboxylic acid groups (broad SMARTS) is 1. The molecule has 0 aliphatic rings. The van der Waals surface area contributed by atoms with Crippen molar-refractivity contribution in [1.29, 1.82) is 0 Å². The van der Waals surface area contributed by atoms with E-state index in [0.717, 1.165) is 0 Å². The van der Waals surface area contributed by atoms with E-state index in [-0.39, 0.29) is 22.7 Å². The molecule has 1 heterocycles. The zero-order valence-electron chi connectivity index (χ0n) is 7.53. The van der Waals surface area contributed by atoms with E-state index >= 15 is 0 Å². The molecule has 1 aromatic rings. The second-order valence-electron chi connectivity index (χ2n) is 2.53. The van der Waals surface area contributed by atoms with Gasteiger partial charge in [-0.15, -0.1) is 0 Å². The molecule has 0 fully saturated rings. The van der Waals surface area contributed by atoms with Crippen LogP contribution >= 0.6 is 11.6 Å². The van der Waals surface area contributed by atoms with Crippen molar-refractivity contribution in [2.45, 2.75) is 6.42 Å². The zero-order valence-corrected chi connectivity index (χ0v) is 8.28. The summed E-state index contributed by atoms with van der Waals surface area (Å²) in [6.45, 7) is 0. The molecule has 0 aromatic carbocycles. The third-order valence-electron chi connectivity index (χ3n) is 1.51. The van der Waals surface area contributed by atoms with Gasteiger partial charge in [0.1, 0.15) is 11.4 Å². The molecule has 0 atom stereocenters. The van der Waals surface area contributed by atoms with E-state index in [2.05, 4.69) is 16.8 Å². The molecule has 4 nitrogen and oxygen atoms in total. The van der Waals surface area contributed by atoms with E-state index < -0.39 is 5.97 Å². The maximum atomic E-state index is 10.8.